The summed E-state index contributed by atoms with van der Waals surface area (Å²) in [5.41, 5.74) is 0. The van der Waals surface area contributed by atoms with Crippen LogP contribution in [-0.4, -0.2) is 33.3 Å². The molecule has 0 atom stereocenters. The van der Waals surface area contributed by atoms with Crippen molar-refractivity contribution in [3.05, 3.63) is 0 Å². The zero-order valence-electron chi connectivity index (χ0n) is 10.0. The van der Waals surface area contributed by atoms with Gasteiger partial charge in [0.1, 0.15) is 0 Å². The molecule has 0 saturated carbocycles. The van der Waals surface area contributed by atoms with Crippen LogP contribution in [0.25, 0.3) is 0 Å². The van der Waals surface area contributed by atoms with Crippen LogP contribution in [0.15, 0.2) is 0 Å². The van der Waals surface area contributed by atoms with Crippen LogP contribution in [-0.2, 0) is 10.0 Å². The summed E-state index contributed by atoms with van der Waals surface area (Å²) < 4.78 is 25.3. The second-order valence-electron chi connectivity index (χ2n) is 4.03. The minimum Gasteiger partial charge on any atom is -0.314 e. The second-order valence-corrected chi connectivity index (χ2v) is 5.96. The summed E-state index contributed by atoms with van der Waals surface area (Å²) in [7, 11) is -3.02. The van der Waals surface area contributed by atoms with Crippen LogP contribution in [0.1, 0.15) is 40.0 Å². The molecule has 0 aliphatic rings. The molecule has 5 heteroatoms. The van der Waals surface area contributed by atoms with E-state index in [1.165, 1.54) is 0 Å². The van der Waals surface area contributed by atoms with Crippen LogP contribution in [0.3, 0.4) is 0 Å². The average Bonchev–Trinajstić information content (AvgIpc) is 2.14. The topological polar surface area (TPSA) is 58.2 Å². The highest BCUT2D eigenvalue weighted by Gasteiger charge is 2.07. The van der Waals surface area contributed by atoms with Crippen molar-refractivity contribution in [2.45, 2.75) is 46.1 Å². The van der Waals surface area contributed by atoms with Crippen LogP contribution in [0.4, 0.5) is 0 Å². The van der Waals surface area contributed by atoms with Gasteiger partial charge >= 0.3 is 0 Å². The third-order valence-electron chi connectivity index (χ3n) is 1.99. The highest BCUT2D eigenvalue weighted by atomic mass is 32.2. The second kappa shape index (κ2) is 8.07. The summed E-state index contributed by atoms with van der Waals surface area (Å²) in [6.45, 7) is 7.53. The van der Waals surface area contributed by atoms with Gasteiger partial charge in [0.25, 0.3) is 0 Å². The SMILES string of the molecule is CCCCS(=O)(=O)NCCCNC(C)C. The zero-order chi connectivity index (χ0) is 11.7. The van der Waals surface area contributed by atoms with E-state index in [2.05, 4.69) is 23.9 Å². The van der Waals surface area contributed by atoms with E-state index in [4.69, 9.17) is 0 Å². The van der Waals surface area contributed by atoms with E-state index in [1.807, 2.05) is 6.92 Å². The van der Waals surface area contributed by atoms with Gasteiger partial charge in [-0.15, -0.1) is 0 Å². The fourth-order valence-electron chi connectivity index (χ4n) is 1.11. The van der Waals surface area contributed by atoms with Gasteiger partial charge in [-0.3, -0.25) is 0 Å². The van der Waals surface area contributed by atoms with Crippen molar-refractivity contribution in [1.29, 1.82) is 0 Å². The Hall–Kier alpha value is -0.130. The maximum atomic E-state index is 11.4. The molecule has 0 amide bonds. The number of unbranched alkanes of at least 4 members (excludes halogenated alkanes) is 1. The van der Waals surface area contributed by atoms with Gasteiger partial charge in [-0.25, -0.2) is 13.1 Å². The molecule has 0 aromatic rings. The Morgan fingerprint density at radius 3 is 2.33 bits per heavy atom. The standard InChI is InChI=1S/C10H24N2O2S/c1-4-5-9-15(13,14)12-8-6-7-11-10(2)3/h10-12H,4-9H2,1-3H3. The van der Waals surface area contributed by atoms with E-state index in [1.54, 1.807) is 0 Å². The first-order valence-electron chi connectivity index (χ1n) is 5.68. The maximum Gasteiger partial charge on any atom is 0.211 e. The number of nitrogens with one attached hydrogen (secondary N) is 2. The van der Waals surface area contributed by atoms with E-state index >= 15 is 0 Å². The lowest BCUT2D eigenvalue weighted by molar-refractivity contribution is 0.553. The van der Waals surface area contributed by atoms with Gasteiger partial charge in [-0.05, 0) is 19.4 Å². The fraction of sp³-hybridized carbons (Fsp3) is 1.00. The fourth-order valence-corrected chi connectivity index (χ4v) is 2.38. The van der Waals surface area contributed by atoms with E-state index in [9.17, 15) is 8.42 Å². The summed E-state index contributed by atoms with van der Waals surface area (Å²) in [6.07, 6.45) is 2.49. The van der Waals surface area contributed by atoms with Crippen LogP contribution in [0.5, 0.6) is 0 Å². The summed E-state index contributed by atoms with van der Waals surface area (Å²) in [5.74, 6) is 0.251. The molecule has 0 aromatic heterocycles. The molecule has 92 valence electrons. The summed E-state index contributed by atoms with van der Waals surface area (Å²) in [5, 5.41) is 3.24. The van der Waals surface area contributed by atoms with Gasteiger partial charge in [0, 0.05) is 12.6 Å². The van der Waals surface area contributed by atoms with Gasteiger partial charge in [0.15, 0.2) is 0 Å². The van der Waals surface area contributed by atoms with Gasteiger partial charge in [-0.2, -0.15) is 0 Å². The summed E-state index contributed by atoms with van der Waals surface area (Å²) in [6, 6.07) is 0.460. The first-order chi connectivity index (χ1) is 6.98. The Labute approximate surface area is 93.9 Å². The summed E-state index contributed by atoms with van der Waals surface area (Å²) in [4.78, 5) is 0. The first-order valence-corrected chi connectivity index (χ1v) is 7.34. The lowest BCUT2D eigenvalue weighted by Crippen LogP contribution is -2.31. The van der Waals surface area contributed by atoms with Crippen molar-refractivity contribution in [2.24, 2.45) is 0 Å². The molecule has 0 aromatic carbocycles. The Balaban J connectivity index is 3.49. The molecule has 0 aliphatic carbocycles. The quantitative estimate of drug-likeness (QED) is 0.589. The molecule has 0 saturated heterocycles. The Morgan fingerprint density at radius 2 is 1.80 bits per heavy atom. The van der Waals surface area contributed by atoms with Crippen molar-refractivity contribution in [3.63, 3.8) is 0 Å². The molecule has 4 nitrogen and oxygen atoms in total. The lowest BCUT2D eigenvalue weighted by atomic mass is 10.3. The number of hydrogen-bond acceptors (Lipinski definition) is 3. The molecule has 15 heavy (non-hydrogen) atoms. The third-order valence-corrected chi connectivity index (χ3v) is 3.46. The molecule has 0 heterocycles. The minimum atomic E-state index is -3.02. The van der Waals surface area contributed by atoms with Crippen molar-refractivity contribution in [2.75, 3.05) is 18.8 Å². The Kier molecular flexibility index (Phi) is 8.00. The van der Waals surface area contributed by atoms with E-state index < -0.39 is 10.0 Å². The van der Waals surface area contributed by atoms with Crippen molar-refractivity contribution in [3.8, 4) is 0 Å². The first kappa shape index (κ1) is 14.9. The molecule has 0 spiro atoms. The molecule has 0 aliphatic heterocycles. The highest BCUT2D eigenvalue weighted by molar-refractivity contribution is 7.89. The van der Waals surface area contributed by atoms with Crippen LogP contribution < -0.4 is 10.0 Å². The lowest BCUT2D eigenvalue weighted by Gasteiger charge is -2.08. The summed E-state index contributed by atoms with van der Waals surface area (Å²) >= 11 is 0. The monoisotopic (exact) mass is 236 g/mol. The molecular formula is C10H24N2O2S. The van der Waals surface area contributed by atoms with E-state index in [0.29, 0.717) is 12.6 Å². The van der Waals surface area contributed by atoms with Crippen LogP contribution >= 0.6 is 0 Å². The zero-order valence-corrected chi connectivity index (χ0v) is 10.9. The molecule has 0 unspecified atom stereocenters. The molecular weight excluding hydrogens is 212 g/mol. The molecule has 0 bridgehead atoms. The van der Waals surface area contributed by atoms with Crippen molar-refractivity contribution < 1.29 is 8.42 Å². The van der Waals surface area contributed by atoms with Gasteiger partial charge in [-0.1, -0.05) is 27.2 Å². The number of hydrogen-bond donors (Lipinski definition) is 2. The minimum absolute atomic E-state index is 0.251. The predicted octanol–water partition coefficient (Wildman–Crippen LogP) is 1.09. The Morgan fingerprint density at radius 1 is 1.13 bits per heavy atom. The predicted molar refractivity (Wildman–Crippen MR) is 64.5 cm³/mol. The molecule has 0 rings (SSSR count). The molecule has 2 N–H and O–H groups in total. The normalized spacial score (nSPS) is 12.3. The van der Waals surface area contributed by atoms with Crippen molar-refractivity contribution in [1.82, 2.24) is 10.0 Å². The average molecular weight is 236 g/mol. The molecule has 0 radical (unpaired) electrons. The number of sulfonamides is 1. The van der Waals surface area contributed by atoms with Gasteiger partial charge < -0.3 is 5.32 Å². The van der Waals surface area contributed by atoms with E-state index in [0.717, 1.165) is 25.8 Å². The van der Waals surface area contributed by atoms with Crippen molar-refractivity contribution >= 4 is 10.0 Å². The largest absolute Gasteiger partial charge is 0.314 e. The van der Waals surface area contributed by atoms with Gasteiger partial charge in [0.2, 0.25) is 10.0 Å². The molecule has 0 fully saturated rings. The maximum absolute atomic E-state index is 11.4. The third kappa shape index (κ3) is 10.2. The van der Waals surface area contributed by atoms with Crippen LogP contribution in [0, 0.1) is 0 Å². The van der Waals surface area contributed by atoms with E-state index in [-0.39, 0.29) is 5.75 Å². The Bertz CT molecular complexity index is 238. The number of rotatable bonds is 9. The van der Waals surface area contributed by atoms with Crippen LogP contribution in [0.2, 0.25) is 0 Å². The van der Waals surface area contributed by atoms with Gasteiger partial charge in [0.05, 0.1) is 5.75 Å². The smallest absolute Gasteiger partial charge is 0.211 e. The highest BCUT2D eigenvalue weighted by Crippen LogP contribution is 1.93.